The number of carbonyl (C=O) groups is 1. The molecule has 1 aliphatic heterocycles. The molecule has 2 atom stereocenters. The number of thiocarbonyl (C=S) groups is 1. The third kappa shape index (κ3) is 5.43. The zero-order valence-corrected chi connectivity index (χ0v) is 22.3. The largest absolute Gasteiger partial charge is 0.484 e. The second kappa shape index (κ2) is 11.4. The first-order valence-electron chi connectivity index (χ1n) is 12.9. The van der Waals surface area contributed by atoms with Crippen molar-refractivity contribution in [1.29, 1.82) is 0 Å². The summed E-state index contributed by atoms with van der Waals surface area (Å²) in [5.41, 5.74) is 3.37. The van der Waals surface area contributed by atoms with E-state index < -0.39 is 0 Å². The van der Waals surface area contributed by atoms with E-state index in [1.54, 1.807) is 6.20 Å². The van der Waals surface area contributed by atoms with E-state index in [9.17, 15) is 4.79 Å². The number of rotatable bonds is 8. The SMILES string of the molecule is O=C(COc1ccccc1)Nc1ccc(N2C(=S)NC(c3ccccn3)C2c2ccc(-c3ccccc3)o2)cc1. The van der Waals surface area contributed by atoms with Gasteiger partial charge in [-0.15, -0.1) is 0 Å². The van der Waals surface area contributed by atoms with Crippen molar-refractivity contribution in [1.82, 2.24) is 10.3 Å². The van der Waals surface area contributed by atoms with Crippen LogP contribution < -0.4 is 20.3 Å². The van der Waals surface area contributed by atoms with Crippen LogP contribution in [0.5, 0.6) is 5.75 Å². The average Bonchev–Trinajstić information content (AvgIpc) is 3.63. The van der Waals surface area contributed by atoms with Gasteiger partial charge in [-0.2, -0.15) is 0 Å². The molecule has 0 radical (unpaired) electrons. The van der Waals surface area contributed by atoms with Gasteiger partial charge in [0.25, 0.3) is 5.91 Å². The van der Waals surface area contributed by atoms with Crippen molar-refractivity contribution in [3.05, 3.63) is 133 Å². The number of aromatic nitrogens is 1. The fraction of sp³-hybridized carbons (Fsp3) is 0.0938. The predicted molar refractivity (Wildman–Crippen MR) is 159 cm³/mol. The Morgan fingerprint density at radius 1 is 0.900 bits per heavy atom. The van der Waals surface area contributed by atoms with Crippen molar-refractivity contribution in [2.75, 3.05) is 16.8 Å². The third-order valence-corrected chi connectivity index (χ3v) is 6.93. The quantitative estimate of drug-likeness (QED) is 0.214. The van der Waals surface area contributed by atoms with E-state index in [4.69, 9.17) is 21.4 Å². The van der Waals surface area contributed by atoms with Crippen LogP contribution in [0.3, 0.4) is 0 Å². The second-order valence-corrected chi connectivity index (χ2v) is 9.65. The molecule has 198 valence electrons. The summed E-state index contributed by atoms with van der Waals surface area (Å²) in [6.45, 7) is -0.0814. The number of nitrogens with zero attached hydrogens (tertiary/aromatic N) is 2. The Labute approximate surface area is 237 Å². The Hall–Kier alpha value is -4.95. The highest BCUT2D eigenvalue weighted by atomic mass is 32.1. The molecule has 1 fully saturated rings. The van der Waals surface area contributed by atoms with Gasteiger partial charge < -0.3 is 24.7 Å². The number of hydrogen-bond donors (Lipinski definition) is 2. The van der Waals surface area contributed by atoms with Crippen molar-refractivity contribution < 1.29 is 13.9 Å². The summed E-state index contributed by atoms with van der Waals surface area (Å²) in [4.78, 5) is 19.1. The maximum absolute atomic E-state index is 12.4. The molecule has 3 aromatic carbocycles. The second-order valence-electron chi connectivity index (χ2n) is 9.26. The number of nitrogens with one attached hydrogen (secondary N) is 2. The predicted octanol–water partition coefficient (Wildman–Crippen LogP) is 6.54. The highest BCUT2D eigenvalue weighted by Crippen LogP contribution is 2.43. The Morgan fingerprint density at radius 3 is 2.35 bits per heavy atom. The standard InChI is InChI=1S/C32H26N4O3S/c37-29(21-38-25-11-5-2-6-12-25)34-23-14-16-24(17-15-23)36-31(30(35-32(36)40)26-13-7-8-20-33-26)28-19-18-27(39-28)22-9-3-1-4-10-22/h1-20,30-31H,21H2,(H,34,37)(H,35,40). The van der Waals surface area contributed by atoms with Crippen LogP contribution in [-0.4, -0.2) is 22.6 Å². The molecule has 6 rings (SSSR count). The topological polar surface area (TPSA) is 79.6 Å². The van der Waals surface area contributed by atoms with Crippen molar-refractivity contribution in [2.24, 2.45) is 0 Å². The van der Waals surface area contributed by atoms with Crippen LogP contribution >= 0.6 is 12.2 Å². The minimum atomic E-state index is -0.278. The molecule has 2 N–H and O–H groups in total. The molecule has 0 aliphatic carbocycles. The van der Waals surface area contributed by atoms with Gasteiger partial charge in [-0.25, -0.2) is 0 Å². The molecule has 7 nitrogen and oxygen atoms in total. The minimum absolute atomic E-state index is 0.0814. The molecular formula is C32H26N4O3S. The fourth-order valence-corrected chi connectivity index (χ4v) is 5.11. The summed E-state index contributed by atoms with van der Waals surface area (Å²) in [5, 5.41) is 6.89. The first-order chi connectivity index (χ1) is 19.7. The van der Waals surface area contributed by atoms with Gasteiger partial charge in [-0.05, 0) is 72.9 Å². The van der Waals surface area contributed by atoms with Crippen LogP contribution in [-0.2, 0) is 4.79 Å². The van der Waals surface area contributed by atoms with Crippen molar-refractivity contribution in [3.63, 3.8) is 0 Å². The van der Waals surface area contributed by atoms with E-state index >= 15 is 0 Å². The molecule has 0 spiro atoms. The van der Waals surface area contributed by atoms with Crippen LogP contribution in [0.15, 0.2) is 126 Å². The number of benzene rings is 3. The van der Waals surface area contributed by atoms with Gasteiger partial charge in [-0.1, -0.05) is 54.6 Å². The van der Waals surface area contributed by atoms with E-state index in [0.29, 0.717) is 16.5 Å². The summed E-state index contributed by atoms with van der Waals surface area (Å²) in [6, 6.07) is 36.1. The van der Waals surface area contributed by atoms with E-state index in [-0.39, 0.29) is 24.6 Å². The number of pyridine rings is 1. The highest BCUT2D eigenvalue weighted by Gasteiger charge is 2.42. The molecular weight excluding hydrogens is 520 g/mol. The molecule has 1 saturated heterocycles. The van der Waals surface area contributed by atoms with Gasteiger partial charge in [0.15, 0.2) is 11.7 Å². The zero-order valence-electron chi connectivity index (χ0n) is 21.4. The number of anilines is 2. The van der Waals surface area contributed by atoms with Crippen LogP contribution in [0.25, 0.3) is 11.3 Å². The Bertz CT molecular complexity index is 1590. The van der Waals surface area contributed by atoms with Crippen LogP contribution in [0.2, 0.25) is 0 Å². The highest BCUT2D eigenvalue weighted by molar-refractivity contribution is 7.80. The smallest absolute Gasteiger partial charge is 0.262 e. The average molecular weight is 547 g/mol. The summed E-state index contributed by atoms with van der Waals surface area (Å²) in [6.07, 6.45) is 1.77. The minimum Gasteiger partial charge on any atom is -0.484 e. The lowest BCUT2D eigenvalue weighted by Gasteiger charge is -2.26. The van der Waals surface area contributed by atoms with Gasteiger partial charge in [0.05, 0.1) is 11.7 Å². The van der Waals surface area contributed by atoms with Gasteiger partial charge >= 0.3 is 0 Å². The Morgan fingerprint density at radius 2 is 1.62 bits per heavy atom. The lowest BCUT2D eigenvalue weighted by Crippen LogP contribution is -2.29. The Balaban J connectivity index is 1.24. The molecule has 40 heavy (non-hydrogen) atoms. The van der Waals surface area contributed by atoms with Crippen molar-refractivity contribution in [2.45, 2.75) is 12.1 Å². The lowest BCUT2D eigenvalue weighted by atomic mass is 10.0. The lowest BCUT2D eigenvalue weighted by molar-refractivity contribution is -0.118. The molecule has 0 bridgehead atoms. The van der Waals surface area contributed by atoms with Crippen molar-refractivity contribution in [3.8, 4) is 17.1 Å². The van der Waals surface area contributed by atoms with E-state index in [0.717, 1.165) is 28.5 Å². The van der Waals surface area contributed by atoms with Gasteiger partial charge in [-0.3, -0.25) is 9.78 Å². The van der Waals surface area contributed by atoms with Crippen LogP contribution in [0, 0.1) is 0 Å². The summed E-state index contributed by atoms with van der Waals surface area (Å²) < 4.78 is 12.0. The normalized spacial score (nSPS) is 16.4. The zero-order chi connectivity index (χ0) is 27.3. The first kappa shape index (κ1) is 25.3. The molecule has 1 amide bonds. The van der Waals surface area contributed by atoms with Crippen LogP contribution in [0.4, 0.5) is 11.4 Å². The molecule has 8 heteroatoms. The number of amides is 1. The third-order valence-electron chi connectivity index (χ3n) is 6.62. The monoisotopic (exact) mass is 546 g/mol. The van der Waals surface area contributed by atoms with E-state index in [1.807, 2.05) is 120 Å². The number of ether oxygens (including phenoxy) is 1. The molecule has 5 aromatic rings. The summed E-state index contributed by atoms with van der Waals surface area (Å²) in [5.74, 6) is 1.94. The Kier molecular flexibility index (Phi) is 7.24. The number of para-hydroxylation sites is 1. The van der Waals surface area contributed by atoms with E-state index in [1.165, 1.54) is 0 Å². The molecule has 1 aliphatic rings. The molecule has 2 unspecified atom stereocenters. The van der Waals surface area contributed by atoms with E-state index in [2.05, 4.69) is 15.6 Å². The summed E-state index contributed by atoms with van der Waals surface area (Å²) >= 11 is 5.82. The number of furan rings is 1. The maximum Gasteiger partial charge on any atom is 0.262 e. The molecule has 3 heterocycles. The van der Waals surface area contributed by atoms with Crippen molar-refractivity contribution >= 4 is 34.6 Å². The van der Waals surface area contributed by atoms with Crippen LogP contribution in [0.1, 0.15) is 23.5 Å². The number of carbonyl (C=O) groups excluding carboxylic acids is 1. The van der Waals surface area contributed by atoms with Gasteiger partial charge in [0.1, 0.15) is 23.3 Å². The maximum atomic E-state index is 12.4. The van der Waals surface area contributed by atoms with Gasteiger partial charge in [0, 0.05) is 23.1 Å². The fourth-order valence-electron chi connectivity index (χ4n) is 4.76. The number of hydrogen-bond acceptors (Lipinski definition) is 5. The summed E-state index contributed by atoms with van der Waals surface area (Å²) in [7, 11) is 0. The molecule has 2 aromatic heterocycles. The van der Waals surface area contributed by atoms with Gasteiger partial charge in [0.2, 0.25) is 0 Å². The first-order valence-corrected chi connectivity index (χ1v) is 13.3. The molecule has 0 saturated carbocycles.